The van der Waals surface area contributed by atoms with Crippen molar-refractivity contribution in [3.8, 4) is 17.3 Å². The predicted octanol–water partition coefficient (Wildman–Crippen LogP) is 2.00. The molecule has 0 radical (unpaired) electrons. The first-order valence-electron chi connectivity index (χ1n) is 9.70. The molecule has 2 fully saturated rings. The van der Waals surface area contributed by atoms with E-state index < -0.39 is 5.41 Å². The summed E-state index contributed by atoms with van der Waals surface area (Å²) < 4.78 is 3.15. The Balaban J connectivity index is 1.66. The topological polar surface area (TPSA) is 96.3 Å². The van der Waals surface area contributed by atoms with Crippen molar-refractivity contribution in [1.29, 1.82) is 5.26 Å². The van der Waals surface area contributed by atoms with Gasteiger partial charge in [0.05, 0.1) is 24.2 Å². The molecule has 8 heteroatoms. The summed E-state index contributed by atoms with van der Waals surface area (Å²) >= 11 is 0. The number of nitrogens with zero attached hydrogens (tertiary/aromatic N) is 6. The van der Waals surface area contributed by atoms with E-state index in [0.29, 0.717) is 29.1 Å². The van der Waals surface area contributed by atoms with E-state index in [1.165, 1.54) is 10.6 Å². The Morgan fingerprint density at radius 3 is 2.76 bits per heavy atom. The fourth-order valence-corrected chi connectivity index (χ4v) is 4.44. The van der Waals surface area contributed by atoms with Crippen molar-refractivity contribution in [3.63, 3.8) is 0 Å². The molecule has 29 heavy (non-hydrogen) atoms. The summed E-state index contributed by atoms with van der Waals surface area (Å²) in [5.74, 6) is 0.355. The Kier molecular flexibility index (Phi) is 3.65. The number of fused-ring (bicyclic) bond motifs is 1. The SMILES string of the molecule is C[C@@H]1CN(c2nc(-c3ccn(C)c(=O)c3)cn3nccc23)C(=O)[C@]1(C#N)C1CC1. The zero-order chi connectivity index (χ0) is 20.3. The van der Waals surface area contributed by atoms with E-state index in [9.17, 15) is 14.9 Å². The maximum absolute atomic E-state index is 13.4. The summed E-state index contributed by atoms with van der Waals surface area (Å²) in [6, 6.07) is 7.48. The van der Waals surface area contributed by atoms with Crippen LogP contribution in [0.1, 0.15) is 19.8 Å². The highest BCUT2D eigenvalue weighted by atomic mass is 16.2. The molecule has 0 bridgehead atoms. The second-order valence-electron chi connectivity index (χ2n) is 8.05. The van der Waals surface area contributed by atoms with Crippen molar-refractivity contribution in [2.24, 2.45) is 24.3 Å². The number of carbonyl (C=O) groups excluding carboxylic acids is 1. The van der Waals surface area contributed by atoms with Gasteiger partial charge in [0.15, 0.2) is 5.82 Å². The van der Waals surface area contributed by atoms with Crippen LogP contribution >= 0.6 is 0 Å². The van der Waals surface area contributed by atoms with Crippen LogP contribution in [0.25, 0.3) is 16.8 Å². The lowest BCUT2D eigenvalue weighted by Gasteiger charge is -2.23. The lowest BCUT2D eigenvalue weighted by molar-refractivity contribution is -0.124. The van der Waals surface area contributed by atoms with Crippen molar-refractivity contribution in [2.75, 3.05) is 11.4 Å². The molecular weight excluding hydrogens is 368 g/mol. The van der Waals surface area contributed by atoms with Gasteiger partial charge in [0, 0.05) is 37.3 Å². The fraction of sp³-hybridized carbons (Fsp3) is 0.381. The van der Waals surface area contributed by atoms with Gasteiger partial charge < -0.3 is 4.57 Å². The number of hydrogen-bond acceptors (Lipinski definition) is 5. The highest BCUT2D eigenvalue weighted by molar-refractivity contribution is 6.04. The summed E-state index contributed by atoms with van der Waals surface area (Å²) in [4.78, 5) is 31.9. The van der Waals surface area contributed by atoms with Crippen molar-refractivity contribution < 1.29 is 4.79 Å². The molecule has 0 N–H and O–H groups in total. The van der Waals surface area contributed by atoms with Gasteiger partial charge in [0.25, 0.3) is 5.56 Å². The van der Waals surface area contributed by atoms with Crippen LogP contribution in [0.5, 0.6) is 0 Å². The number of hydrogen-bond donors (Lipinski definition) is 0. The standard InChI is InChI=1S/C21H20N6O2/c1-13-10-26(20(29)21(13,12-22)15-3-4-15)19-17-5-7-23-27(17)11-16(24-19)14-6-8-25(2)18(28)9-14/h5-9,11,13,15H,3-4,10H2,1-2H3/t13-,21+/m1/s1. The first-order valence-corrected chi connectivity index (χ1v) is 9.70. The molecule has 3 aromatic heterocycles. The van der Waals surface area contributed by atoms with E-state index in [-0.39, 0.29) is 23.3 Å². The van der Waals surface area contributed by atoms with Gasteiger partial charge in [-0.15, -0.1) is 0 Å². The first-order chi connectivity index (χ1) is 14.0. The number of anilines is 1. The highest BCUT2D eigenvalue weighted by Gasteiger charge is 2.61. The third-order valence-corrected chi connectivity index (χ3v) is 6.27. The zero-order valence-electron chi connectivity index (χ0n) is 16.2. The summed E-state index contributed by atoms with van der Waals surface area (Å²) in [6.45, 7) is 2.41. The largest absolute Gasteiger partial charge is 0.319 e. The van der Waals surface area contributed by atoms with E-state index in [0.717, 1.165) is 12.8 Å². The van der Waals surface area contributed by atoms with Crippen LogP contribution in [-0.2, 0) is 11.8 Å². The van der Waals surface area contributed by atoms with Crippen molar-refractivity contribution in [2.45, 2.75) is 19.8 Å². The van der Waals surface area contributed by atoms with Gasteiger partial charge in [-0.05, 0) is 30.9 Å². The molecule has 1 aliphatic carbocycles. The Morgan fingerprint density at radius 1 is 1.28 bits per heavy atom. The number of pyridine rings is 1. The Labute approximate surface area is 167 Å². The Morgan fingerprint density at radius 2 is 2.07 bits per heavy atom. The molecule has 3 aromatic rings. The number of rotatable bonds is 3. The lowest BCUT2D eigenvalue weighted by atomic mass is 9.75. The highest BCUT2D eigenvalue weighted by Crippen LogP contribution is 2.54. The minimum atomic E-state index is -0.975. The molecule has 5 rings (SSSR count). The van der Waals surface area contributed by atoms with Crippen LogP contribution in [-0.4, -0.2) is 31.6 Å². The normalized spacial score (nSPS) is 24.2. The molecule has 146 valence electrons. The molecule has 0 spiro atoms. The molecule has 1 amide bonds. The van der Waals surface area contributed by atoms with Crippen LogP contribution in [0.15, 0.2) is 41.6 Å². The minimum Gasteiger partial charge on any atom is -0.319 e. The van der Waals surface area contributed by atoms with Crippen LogP contribution in [0.2, 0.25) is 0 Å². The van der Waals surface area contributed by atoms with Crippen molar-refractivity contribution in [3.05, 3.63) is 47.1 Å². The van der Waals surface area contributed by atoms with Crippen LogP contribution in [0.3, 0.4) is 0 Å². The van der Waals surface area contributed by atoms with Crippen molar-refractivity contribution in [1.82, 2.24) is 19.2 Å². The maximum Gasteiger partial charge on any atom is 0.250 e. The Bertz CT molecular complexity index is 1250. The van der Waals surface area contributed by atoms with Gasteiger partial charge in [0.1, 0.15) is 10.9 Å². The van der Waals surface area contributed by atoms with Gasteiger partial charge >= 0.3 is 0 Å². The molecule has 0 aromatic carbocycles. The summed E-state index contributed by atoms with van der Waals surface area (Å²) in [7, 11) is 1.69. The number of nitriles is 1. The zero-order valence-corrected chi connectivity index (χ0v) is 16.2. The van der Waals surface area contributed by atoms with E-state index >= 15 is 0 Å². The van der Waals surface area contributed by atoms with E-state index in [1.54, 1.807) is 47.2 Å². The molecule has 1 saturated heterocycles. The van der Waals surface area contributed by atoms with E-state index in [2.05, 4.69) is 11.2 Å². The van der Waals surface area contributed by atoms with Gasteiger partial charge in [-0.3, -0.25) is 14.5 Å². The second kappa shape index (κ2) is 6.01. The third-order valence-electron chi connectivity index (χ3n) is 6.27. The van der Waals surface area contributed by atoms with Gasteiger partial charge in [-0.2, -0.15) is 10.4 Å². The molecule has 0 unspecified atom stereocenters. The lowest BCUT2D eigenvalue weighted by Crippen LogP contribution is -2.37. The molecular formula is C21H20N6O2. The van der Waals surface area contributed by atoms with Gasteiger partial charge in [0.2, 0.25) is 5.91 Å². The quantitative estimate of drug-likeness (QED) is 0.684. The Hall–Kier alpha value is -3.47. The van der Waals surface area contributed by atoms with Crippen molar-refractivity contribution >= 4 is 17.2 Å². The monoisotopic (exact) mass is 388 g/mol. The van der Waals surface area contributed by atoms with E-state index in [1.807, 2.05) is 6.92 Å². The number of carbonyl (C=O) groups is 1. The molecule has 1 aliphatic heterocycles. The molecule has 2 atom stereocenters. The first kappa shape index (κ1) is 17.6. The molecule has 2 aliphatic rings. The molecule has 8 nitrogen and oxygen atoms in total. The predicted molar refractivity (Wildman–Crippen MR) is 106 cm³/mol. The minimum absolute atomic E-state index is 0.0788. The molecule has 4 heterocycles. The average molecular weight is 388 g/mol. The van der Waals surface area contributed by atoms with Gasteiger partial charge in [-0.1, -0.05) is 6.92 Å². The molecule has 1 saturated carbocycles. The van der Waals surface area contributed by atoms with Crippen LogP contribution < -0.4 is 10.5 Å². The number of aromatic nitrogens is 4. The fourth-order valence-electron chi connectivity index (χ4n) is 4.44. The van der Waals surface area contributed by atoms with Crippen LogP contribution in [0, 0.1) is 28.6 Å². The third kappa shape index (κ3) is 2.43. The summed E-state index contributed by atoms with van der Waals surface area (Å²) in [5, 5.41) is 14.2. The van der Waals surface area contributed by atoms with E-state index in [4.69, 9.17) is 4.98 Å². The maximum atomic E-state index is 13.4. The summed E-state index contributed by atoms with van der Waals surface area (Å²) in [5.41, 5.74) is 0.782. The summed E-state index contributed by atoms with van der Waals surface area (Å²) in [6.07, 6.45) is 6.91. The van der Waals surface area contributed by atoms with Gasteiger partial charge in [-0.25, -0.2) is 9.50 Å². The number of amides is 1. The van der Waals surface area contributed by atoms with Crippen LogP contribution in [0.4, 0.5) is 5.82 Å². The smallest absolute Gasteiger partial charge is 0.250 e. The number of aryl methyl sites for hydroxylation is 1. The average Bonchev–Trinajstić information content (AvgIpc) is 3.38. The second-order valence-corrected chi connectivity index (χ2v) is 8.05.